The van der Waals surface area contributed by atoms with Gasteiger partial charge in [-0.15, -0.1) is 0 Å². The molecule has 16 heavy (non-hydrogen) atoms. The van der Waals surface area contributed by atoms with Crippen LogP contribution in [0.25, 0.3) is 0 Å². The minimum absolute atomic E-state index is 0.496. The molecule has 2 rings (SSSR count). The summed E-state index contributed by atoms with van der Waals surface area (Å²) in [6, 6.07) is 4.49. The van der Waals surface area contributed by atoms with Gasteiger partial charge in [-0.1, -0.05) is 0 Å². The zero-order valence-electron chi connectivity index (χ0n) is 10.4. The van der Waals surface area contributed by atoms with Crippen LogP contribution in [0.1, 0.15) is 32.4 Å². The second-order valence-electron chi connectivity index (χ2n) is 5.03. The second-order valence-corrected chi connectivity index (χ2v) is 5.03. The monoisotopic (exact) mass is 219 g/mol. The van der Waals surface area contributed by atoms with Gasteiger partial charge in [-0.2, -0.15) is 0 Å². The maximum atomic E-state index is 5.80. The van der Waals surface area contributed by atoms with Gasteiger partial charge >= 0.3 is 0 Å². The molecule has 3 heteroatoms. The maximum Gasteiger partial charge on any atom is 0.129 e. The third-order valence-electron chi connectivity index (χ3n) is 3.18. The summed E-state index contributed by atoms with van der Waals surface area (Å²) in [6.45, 7) is 7.54. The van der Waals surface area contributed by atoms with Crippen molar-refractivity contribution in [2.75, 3.05) is 17.2 Å². The number of pyridine rings is 1. The first-order valence-corrected chi connectivity index (χ1v) is 6.07. The standard InChI is InChI=1S/C13H21N3/c1-9(2)16(8-11-4-5-11)13-7-6-12(14)10(3)15-13/h6-7,9,11H,4-5,8,14H2,1-3H3. The smallest absolute Gasteiger partial charge is 0.129 e. The van der Waals surface area contributed by atoms with Gasteiger partial charge in [0.2, 0.25) is 0 Å². The largest absolute Gasteiger partial charge is 0.397 e. The zero-order chi connectivity index (χ0) is 11.7. The summed E-state index contributed by atoms with van der Waals surface area (Å²) in [6.07, 6.45) is 2.74. The van der Waals surface area contributed by atoms with Crippen LogP contribution < -0.4 is 10.6 Å². The van der Waals surface area contributed by atoms with Crippen molar-refractivity contribution in [2.24, 2.45) is 5.92 Å². The molecule has 0 amide bonds. The third kappa shape index (κ3) is 2.46. The van der Waals surface area contributed by atoms with Crippen molar-refractivity contribution in [2.45, 2.75) is 39.7 Å². The predicted octanol–water partition coefficient (Wildman–Crippen LogP) is 2.60. The summed E-state index contributed by atoms with van der Waals surface area (Å²) in [7, 11) is 0. The lowest BCUT2D eigenvalue weighted by atomic mass is 10.2. The van der Waals surface area contributed by atoms with Crippen LogP contribution in [0, 0.1) is 12.8 Å². The molecule has 1 saturated carbocycles. The molecule has 1 fully saturated rings. The van der Waals surface area contributed by atoms with Gasteiger partial charge in [0, 0.05) is 12.6 Å². The van der Waals surface area contributed by atoms with Crippen LogP contribution >= 0.6 is 0 Å². The normalized spacial score (nSPS) is 15.5. The number of anilines is 2. The minimum Gasteiger partial charge on any atom is -0.397 e. The summed E-state index contributed by atoms with van der Waals surface area (Å²) in [5.41, 5.74) is 7.50. The van der Waals surface area contributed by atoms with Crippen LogP contribution in [0.15, 0.2) is 12.1 Å². The van der Waals surface area contributed by atoms with Gasteiger partial charge in [0.05, 0.1) is 11.4 Å². The first kappa shape index (κ1) is 11.2. The molecule has 3 nitrogen and oxygen atoms in total. The number of nitrogens with zero attached hydrogens (tertiary/aromatic N) is 2. The highest BCUT2D eigenvalue weighted by molar-refractivity contribution is 5.50. The van der Waals surface area contributed by atoms with Crippen molar-refractivity contribution in [1.29, 1.82) is 0 Å². The van der Waals surface area contributed by atoms with Gasteiger partial charge in [-0.3, -0.25) is 0 Å². The lowest BCUT2D eigenvalue weighted by molar-refractivity contribution is 0.636. The van der Waals surface area contributed by atoms with E-state index in [9.17, 15) is 0 Å². The average Bonchev–Trinajstić information content (AvgIpc) is 3.02. The van der Waals surface area contributed by atoms with Crippen molar-refractivity contribution in [3.05, 3.63) is 17.8 Å². The summed E-state index contributed by atoms with van der Waals surface area (Å²) < 4.78 is 0. The van der Waals surface area contributed by atoms with E-state index in [1.807, 2.05) is 19.1 Å². The molecule has 2 N–H and O–H groups in total. The Labute approximate surface area is 97.7 Å². The number of aromatic nitrogens is 1. The van der Waals surface area contributed by atoms with Crippen molar-refractivity contribution >= 4 is 11.5 Å². The molecule has 1 aromatic heterocycles. The van der Waals surface area contributed by atoms with Crippen LogP contribution in [-0.2, 0) is 0 Å². The Hall–Kier alpha value is -1.25. The first-order chi connectivity index (χ1) is 7.58. The number of rotatable bonds is 4. The van der Waals surface area contributed by atoms with Crippen LogP contribution in [0.5, 0.6) is 0 Å². The molecule has 0 radical (unpaired) electrons. The highest BCUT2D eigenvalue weighted by atomic mass is 15.2. The summed E-state index contributed by atoms with van der Waals surface area (Å²) in [5.74, 6) is 1.94. The molecule has 0 aromatic carbocycles. The van der Waals surface area contributed by atoms with E-state index in [0.717, 1.165) is 29.7 Å². The lowest BCUT2D eigenvalue weighted by Gasteiger charge is -2.28. The SMILES string of the molecule is Cc1nc(N(CC2CC2)C(C)C)ccc1N. The maximum absolute atomic E-state index is 5.80. The Kier molecular flexibility index (Phi) is 3.03. The number of aryl methyl sites for hydroxylation is 1. The fourth-order valence-corrected chi connectivity index (χ4v) is 1.87. The van der Waals surface area contributed by atoms with Crippen LogP contribution in [-0.4, -0.2) is 17.6 Å². The molecule has 0 spiro atoms. The molecule has 1 aliphatic carbocycles. The summed E-state index contributed by atoms with van der Waals surface area (Å²) in [4.78, 5) is 6.96. The molecule has 0 bridgehead atoms. The number of nitrogen functional groups attached to an aromatic ring is 1. The lowest BCUT2D eigenvalue weighted by Crippen LogP contribution is -2.33. The van der Waals surface area contributed by atoms with E-state index in [2.05, 4.69) is 23.7 Å². The molecule has 0 atom stereocenters. The topological polar surface area (TPSA) is 42.2 Å². The van der Waals surface area contributed by atoms with E-state index in [-0.39, 0.29) is 0 Å². The van der Waals surface area contributed by atoms with Gasteiger partial charge in [0.25, 0.3) is 0 Å². The van der Waals surface area contributed by atoms with Crippen molar-refractivity contribution in [3.63, 3.8) is 0 Å². The molecule has 1 aliphatic rings. The van der Waals surface area contributed by atoms with E-state index < -0.39 is 0 Å². The quantitative estimate of drug-likeness (QED) is 0.846. The average molecular weight is 219 g/mol. The number of nitrogens with two attached hydrogens (primary N) is 1. The van der Waals surface area contributed by atoms with E-state index in [0.29, 0.717) is 6.04 Å². The molecule has 88 valence electrons. The minimum atomic E-state index is 0.496. The van der Waals surface area contributed by atoms with Gasteiger partial charge in [-0.05, 0) is 51.7 Å². The Morgan fingerprint density at radius 3 is 2.62 bits per heavy atom. The Bertz CT molecular complexity index is 369. The summed E-state index contributed by atoms with van der Waals surface area (Å²) in [5, 5.41) is 0. The van der Waals surface area contributed by atoms with Gasteiger partial charge in [-0.25, -0.2) is 4.98 Å². The molecule has 0 aliphatic heterocycles. The van der Waals surface area contributed by atoms with Crippen LogP contribution in [0.4, 0.5) is 11.5 Å². The molecular weight excluding hydrogens is 198 g/mol. The Morgan fingerprint density at radius 1 is 1.44 bits per heavy atom. The fraction of sp³-hybridized carbons (Fsp3) is 0.615. The van der Waals surface area contributed by atoms with Gasteiger partial charge in [0.1, 0.15) is 5.82 Å². The third-order valence-corrected chi connectivity index (χ3v) is 3.18. The van der Waals surface area contributed by atoms with E-state index in [1.54, 1.807) is 0 Å². The van der Waals surface area contributed by atoms with Crippen molar-refractivity contribution in [3.8, 4) is 0 Å². The predicted molar refractivity (Wildman–Crippen MR) is 68.6 cm³/mol. The highest BCUT2D eigenvalue weighted by Crippen LogP contribution is 2.32. The van der Waals surface area contributed by atoms with Gasteiger partial charge in [0.15, 0.2) is 0 Å². The van der Waals surface area contributed by atoms with Crippen LogP contribution in [0.3, 0.4) is 0 Å². The molecule has 0 saturated heterocycles. The summed E-state index contributed by atoms with van der Waals surface area (Å²) >= 11 is 0. The van der Waals surface area contributed by atoms with E-state index >= 15 is 0 Å². The van der Waals surface area contributed by atoms with Crippen molar-refractivity contribution in [1.82, 2.24) is 4.98 Å². The Balaban J connectivity index is 2.19. The Morgan fingerprint density at radius 2 is 2.12 bits per heavy atom. The first-order valence-electron chi connectivity index (χ1n) is 6.07. The fourth-order valence-electron chi connectivity index (χ4n) is 1.87. The van der Waals surface area contributed by atoms with Crippen molar-refractivity contribution < 1.29 is 0 Å². The van der Waals surface area contributed by atoms with Gasteiger partial charge < -0.3 is 10.6 Å². The molecule has 1 aromatic rings. The zero-order valence-corrected chi connectivity index (χ0v) is 10.4. The molecular formula is C13H21N3. The second kappa shape index (κ2) is 4.32. The highest BCUT2D eigenvalue weighted by Gasteiger charge is 2.26. The van der Waals surface area contributed by atoms with E-state index in [4.69, 9.17) is 5.73 Å². The molecule has 1 heterocycles. The van der Waals surface area contributed by atoms with E-state index in [1.165, 1.54) is 12.8 Å². The molecule has 0 unspecified atom stereocenters. The number of hydrogen-bond acceptors (Lipinski definition) is 3. The van der Waals surface area contributed by atoms with Crippen LogP contribution in [0.2, 0.25) is 0 Å². The number of hydrogen-bond donors (Lipinski definition) is 1.